The third-order valence-electron chi connectivity index (χ3n) is 7.43. The summed E-state index contributed by atoms with van der Waals surface area (Å²) in [6.07, 6.45) is 2.85. The summed E-state index contributed by atoms with van der Waals surface area (Å²) in [5.41, 5.74) is 3.78. The van der Waals surface area contributed by atoms with Gasteiger partial charge >= 0.3 is 0 Å². The molecule has 6 rings (SSSR count). The molecule has 1 amide bonds. The molecule has 1 atom stereocenters. The van der Waals surface area contributed by atoms with Gasteiger partial charge in [-0.2, -0.15) is 0 Å². The fourth-order valence-corrected chi connectivity index (χ4v) is 5.30. The number of hydrogen-bond acceptors (Lipinski definition) is 5. The standard InChI is InChI=1S/C27H32N2O4/c1-19-14-22(6-9-24(19)32-13-12-28-15-27(16-28)17-31-18-27)29-11-10-25(26(29)30)33-23-7-4-21(5-8-23)20-2-3-20/h4-9,14,20,25H,2-3,10-13,15-18H2,1H3/t25-/m0/s1. The van der Waals surface area contributed by atoms with E-state index in [9.17, 15) is 4.79 Å². The second-order valence-corrected chi connectivity index (χ2v) is 10.2. The zero-order valence-electron chi connectivity index (χ0n) is 19.3. The maximum Gasteiger partial charge on any atom is 0.268 e. The van der Waals surface area contributed by atoms with Gasteiger partial charge < -0.3 is 19.1 Å². The van der Waals surface area contributed by atoms with Crippen LogP contribution in [0.5, 0.6) is 11.5 Å². The molecule has 0 unspecified atom stereocenters. The van der Waals surface area contributed by atoms with Gasteiger partial charge in [-0.25, -0.2) is 0 Å². The van der Waals surface area contributed by atoms with Crippen LogP contribution in [-0.4, -0.2) is 62.9 Å². The molecule has 4 fully saturated rings. The van der Waals surface area contributed by atoms with Crippen LogP contribution in [0.3, 0.4) is 0 Å². The molecule has 6 heteroatoms. The number of carbonyl (C=O) groups is 1. The smallest absolute Gasteiger partial charge is 0.268 e. The van der Waals surface area contributed by atoms with Crippen molar-refractivity contribution >= 4 is 11.6 Å². The van der Waals surface area contributed by atoms with E-state index in [1.165, 1.54) is 18.4 Å². The van der Waals surface area contributed by atoms with Gasteiger partial charge in [0.05, 0.1) is 13.2 Å². The number of carbonyl (C=O) groups excluding carboxylic acids is 1. The van der Waals surface area contributed by atoms with Crippen molar-refractivity contribution in [3.8, 4) is 11.5 Å². The van der Waals surface area contributed by atoms with Crippen LogP contribution in [0.15, 0.2) is 42.5 Å². The number of rotatable bonds is 8. The fourth-order valence-electron chi connectivity index (χ4n) is 5.30. The van der Waals surface area contributed by atoms with E-state index in [4.69, 9.17) is 14.2 Å². The largest absolute Gasteiger partial charge is 0.492 e. The van der Waals surface area contributed by atoms with E-state index in [1.807, 2.05) is 42.2 Å². The highest BCUT2D eigenvalue weighted by molar-refractivity contribution is 5.99. The number of nitrogens with zero attached hydrogens (tertiary/aromatic N) is 2. The Labute approximate surface area is 195 Å². The van der Waals surface area contributed by atoms with Crippen LogP contribution in [0.1, 0.15) is 36.3 Å². The van der Waals surface area contributed by atoms with Gasteiger partial charge in [-0.3, -0.25) is 9.69 Å². The molecule has 4 aliphatic rings. The topological polar surface area (TPSA) is 51.2 Å². The molecule has 0 bridgehead atoms. The Bertz CT molecular complexity index is 1020. The molecule has 0 N–H and O–H groups in total. The van der Waals surface area contributed by atoms with Gasteiger partial charge in [0, 0.05) is 43.7 Å². The maximum absolute atomic E-state index is 13.0. The number of benzene rings is 2. The predicted molar refractivity (Wildman–Crippen MR) is 126 cm³/mol. The van der Waals surface area contributed by atoms with Crippen molar-refractivity contribution in [3.63, 3.8) is 0 Å². The molecule has 3 heterocycles. The van der Waals surface area contributed by atoms with Crippen molar-refractivity contribution in [2.24, 2.45) is 5.41 Å². The van der Waals surface area contributed by atoms with E-state index in [1.54, 1.807) is 0 Å². The van der Waals surface area contributed by atoms with Gasteiger partial charge in [0.15, 0.2) is 6.10 Å². The van der Waals surface area contributed by atoms with E-state index in [-0.39, 0.29) is 5.91 Å². The molecule has 1 saturated carbocycles. The van der Waals surface area contributed by atoms with E-state index in [0.29, 0.717) is 25.0 Å². The van der Waals surface area contributed by atoms with Crippen LogP contribution in [0.4, 0.5) is 5.69 Å². The third kappa shape index (κ3) is 4.22. The molecule has 6 nitrogen and oxygen atoms in total. The van der Waals surface area contributed by atoms with Crippen LogP contribution in [0.2, 0.25) is 0 Å². The van der Waals surface area contributed by atoms with Crippen LogP contribution in [-0.2, 0) is 9.53 Å². The first-order chi connectivity index (χ1) is 16.1. The summed E-state index contributed by atoms with van der Waals surface area (Å²) in [4.78, 5) is 17.3. The lowest BCUT2D eigenvalue weighted by Crippen LogP contribution is -2.66. The first-order valence-electron chi connectivity index (χ1n) is 12.2. The second kappa shape index (κ2) is 8.33. The molecule has 3 saturated heterocycles. The molecular weight excluding hydrogens is 416 g/mol. The lowest BCUT2D eigenvalue weighted by molar-refractivity contribution is -0.189. The van der Waals surface area contributed by atoms with Gasteiger partial charge in [0.25, 0.3) is 5.91 Å². The SMILES string of the molecule is Cc1cc(N2CC[C@H](Oc3ccc(C4CC4)cc3)C2=O)ccc1OCCN1CC2(COC2)C1. The van der Waals surface area contributed by atoms with Gasteiger partial charge in [0.1, 0.15) is 18.1 Å². The predicted octanol–water partition coefficient (Wildman–Crippen LogP) is 3.77. The number of amides is 1. The molecule has 2 aromatic carbocycles. The van der Waals surface area contributed by atoms with Crippen molar-refractivity contribution in [2.45, 2.75) is 38.2 Å². The summed E-state index contributed by atoms with van der Waals surface area (Å²) in [6.45, 7) is 8.41. The van der Waals surface area contributed by atoms with Crippen LogP contribution >= 0.6 is 0 Å². The Balaban J connectivity index is 1.01. The zero-order valence-corrected chi connectivity index (χ0v) is 19.3. The van der Waals surface area contributed by atoms with Gasteiger partial charge in [-0.15, -0.1) is 0 Å². The highest BCUT2D eigenvalue weighted by Gasteiger charge is 2.48. The molecule has 174 valence electrons. The van der Waals surface area contributed by atoms with Gasteiger partial charge in [-0.1, -0.05) is 12.1 Å². The van der Waals surface area contributed by atoms with Gasteiger partial charge in [0.2, 0.25) is 0 Å². The number of aryl methyl sites for hydroxylation is 1. The van der Waals surface area contributed by atoms with E-state index in [2.05, 4.69) is 17.0 Å². The third-order valence-corrected chi connectivity index (χ3v) is 7.43. The monoisotopic (exact) mass is 448 g/mol. The fraction of sp³-hybridized carbons (Fsp3) is 0.519. The Kier molecular flexibility index (Phi) is 5.30. The number of anilines is 1. The van der Waals surface area contributed by atoms with Crippen LogP contribution < -0.4 is 14.4 Å². The van der Waals surface area contributed by atoms with Crippen molar-refractivity contribution in [1.29, 1.82) is 0 Å². The molecular formula is C27H32N2O4. The summed E-state index contributed by atoms with van der Waals surface area (Å²) in [6, 6.07) is 14.3. The quantitative estimate of drug-likeness (QED) is 0.615. The molecule has 3 aliphatic heterocycles. The first kappa shape index (κ1) is 21.0. The van der Waals surface area contributed by atoms with E-state index in [0.717, 1.165) is 61.5 Å². The average Bonchev–Trinajstić information content (AvgIpc) is 3.54. The number of ether oxygens (including phenoxy) is 3. The highest BCUT2D eigenvalue weighted by atomic mass is 16.5. The minimum absolute atomic E-state index is 0.0287. The van der Waals surface area contributed by atoms with E-state index < -0.39 is 6.10 Å². The van der Waals surface area contributed by atoms with Crippen LogP contribution in [0.25, 0.3) is 0 Å². The number of hydrogen-bond donors (Lipinski definition) is 0. The summed E-state index contributed by atoms with van der Waals surface area (Å²) >= 11 is 0. The second-order valence-electron chi connectivity index (χ2n) is 10.2. The van der Waals surface area contributed by atoms with Crippen molar-refractivity contribution in [2.75, 3.05) is 50.9 Å². The molecule has 1 spiro atoms. The zero-order chi connectivity index (χ0) is 22.4. The maximum atomic E-state index is 13.0. The minimum Gasteiger partial charge on any atom is -0.492 e. The lowest BCUT2D eigenvalue weighted by atomic mass is 9.78. The summed E-state index contributed by atoms with van der Waals surface area (Å²) in [7, 11) is 0. The summed E-state index contributed by atoms with van der Waals surface area (Å²) < 4.78 is 17.4. The Morgan fingerprint density at radius 2 is 1.85 bits per heavy atom. The molecule has 1 aliphatic carbocycles. The van der Waals surface area contributed by atoms with Crippen molar-refractivity contribution in [1.82, 2.24) is 4.90 Å². The Hall–Kier alpha value is -2.57. The Morgan fingerprint density at radius 3 is 2.52 bits per heavy atom. The van der Waals surface area contributed by atoms with Gasteiger partial charge in [-0.05, 0) is 67.1 Å². The van der Waals surface area contributed by atoms with Crippen molar-refractivity contribution in [3.05, 3.63) is 53.6 Å². The molecule has 0 radical (unpaired) electrons. The van der Waals surface area contributed by atoms with Crippen LogP contribution in [0, 0.1) is 12.3 Å². The lowest BCUT2D eigenvalue weighted by Gasteiger charge is -2.55. The molecule has 2 aromatic rings. The molecule has 0 aromatic heterocycles. The summed E-state index contributed by atoms with van der Waals surface area (Å²) in [5.74, 6) is 2.41. The first-order valence-corrected chi connectivity index (χ1v) is 12.2. The minimum atomic E-state index is -0.422. The summed E-state index contributed by atoms with van der Waals surface area (Å²) in [5, 5.41) is 0. The Morgan fingerprint density at radius 1 is 1.06 bits per heavy atom. The average molecular weight is 449 g/mol. The highest BCUT2D eigenvalue weighted by Crippen LogP contribution is 2.40. The van der Waals surface area contributed by atoms with E-state index >= 15 is 0 Å². The molecule has 33 heavy (non-hydrogen) atoms. The normalized spacial score (nSPS) is 24.0. The number of likely N-dealkylation sites (tertiary alicyclic amines) is 1. The van der Waals surface area contributed by atoms with Crippen molar-refractivity contribution < 1.29 is 19.0 Å².